The largest absolute Gasteiger partial charge is 0.497 e. The van der Waals surface area contributed by atoms with Crippen molar-refractivity contribution in [3.8, 4) is 5.75 Å². The maximum Gasteiger partial charge on any atom is 0.309 e. The van der Waals surface area contributed by atoms with E-state index in [0.29, 0.717) is 0 Å². The molecule has 0 radical (unpaired) electrons. The first kappa shape index (κ1) is 15.8. The molecule has 0 heterocycles. The molecule has 0 bridgehead atoms. The van der Waals surface area contributed by atoms with Crippen molar-refractivity contribution in [1.29, 1.82) is 0 Å². The van der Waals surface area contributed by atoms with Crippen molar-refractivity contribution >= 4 is 14.0 Å². The lowest BCUT2D eigenvalue weighted by molar-refractivity contribution is -0.142. The van der Waals surface area contributed by atoms with Crippen molar-refractivity contribution in [2.45, 2.75) is 25.6 Å². The van der Waals surface area contributed by atoms with Gasteiger partial charge in [0, 0.05) is 5.92 Å². The molecule has 3 atom stereocenters. The lowest BCUT2D eigenvalue weighted by Gasteiger charge is -2.07. The number of hydrogen-bond donors (Lipinski definition) is 0. The van der Waals surface area contributed by atoms with Crippen LogP contribution in [0.3, 0.4) is 0 Å². The number of rotatable bonds is 5. The molecule has 114 valence electrons. The highest BCUT2D eigenvalue weighted by atomic mass is 28.3. The molecule has 21 heavy (non-hydrogen) atoms. The van der Waals surface area contributed by atoms with Crippen LogP contribution in [-0.4, -0.2) is 28.3 Å². The fraction of sp³-hybridized carbons (Fsp3) is 0.471. The monoisotopic (exact) mass is 304 g/mol. The van der Waals surface area contributed by atoms with Crippen LogP contribution in [0, 0.1) is 11.8 Å². The molecular weight excluding hydrogens is 280 g/mol. The van der Waals surface area contributed by atoms with E-state index in [1.807, 2.05) is 24.3 Å². The van der Waals surface area contributed by atoms with E-state index >= 15 is 0 Å². The van der Waals surface area contributed by atoms with Crippen LogP contribution < -0.4 is 4.74 Å². The molecule has 0 unspecified atom stereocenters. The zero-order chi connectivity index (χ0) is 15.6. The van der Waals surface area contributed by atoms with Gasteiger partial charge in [0.15, 0.2) is 0 Å². The van der Waals surface area contributed by atoms with Crippen molar-refractivity contribution < 1.29 is 14.3 Å². The summed E-state index contributed by atoms with van der Waals surface area (Å²) in [6.07, 6.45) is 2.22. The average molecular weight is 304 g/mol. The average Bonchev–Trinajstić information content (AvgIpc) is 3.18. The van der Waals surface area contributed by atoms with E-state index in [1.165, 1.54) is 12.7 Å². The number of carbonyl (C=O) groups excluding carboxylic acids is 1. The van der Waals surface area contributed by atoms with Crippen LogP contribution in [0.5, 0.6) is 5.75 Å². The summed E-state index contributed by atoms with van der Waals surface area (Å²) in [5, 5.41) is 0. The molecule has 0 aliphatic heterocycles. The second-order valence-electron chi connectivity index (χ2n) is 6.65. The fourth-order valence-electron chi connectivity index (χ4n) is 2.67. The molecule has 1 aliphatic carbocycles. The Morgan fingerprint density at radius 3 is 2.24 bits per heavy atom. The third-order valence-electron chi connectivity index (χ3n) is 3.87. The van der Waals surface area contributed by atoms with Crippen LogP contribution in [0.1, 0.15) is 11.5 Å². The summed E-state index contributed by atoms with van der Waals surface area (Å²) >= 11 is 0. The Balaban J connectivity index is 2.19. The molecule has 0 saturated heterocycles. The Morgan fingerprint density at radius 1 is 1.14 bits per heavy atom. The van der Waals surface area contributed by atoms with Gasteiger partial charge in [0.2, 0.25) is 0 Å². The van der Waals surface area contributed by atoms with Gasteiger partial charge in [-0.2, -0.15) is 0 Å². The Bertz CT molecular complexity index is 528. The maximum absolute atomic E-state index is 11.9. The molecule has 1 saturated carbocycles. The summed E-state index contributed by atoms with van der Waals surface area (Å²) in [6.45, 7) is 6.88. The molecule has 2 rings (SSSR count). The second kappa shape index (κ2) is 6.06. The van der Waals surface area contributed by atoms with Crippen molar-refractivity contribution in [2.24, 2.45) is 11.8 Å². The van der Waals surface area contributed by atoms with Crippen molar-refractivity contribution in [3.05, 3.63) is 41.6 Å². The van der Waals surface area contributed by atoms with Gasteiger partial charge < -0.3 is 9.47 Å². The van der Waals surface area contributed by atoms with E-state index < -0.39 is 8.07 Å². The van der Waals surface area contributed by atoms with Gasteiger partial charge in [-0.05, 0) is 23.6 Å². The number of methoxy groups -OCH3 is 2. The van der Waals surface area contributed by atoms with E-state index in [-0.39, 0.29) is 23.7 Å². The van der Waals surface area contributed by atoms with Gasteiger partial charge in [-0.1, -0.05) is 43.5 Å². The van der Waals surface area contributed by atoms with Crippen molar-refractivity contribution in [1.82, 2.24) is 0 Å². The predicted molar refractivity (Wildman–Crippen MR) is 87.2 cm³/mol. The van der Waals surface area contributed by atoms with Gasteiger partial charge in [0.1, 0.15) is 5.75 Å². The number of allylic oxidation sites excluding steroid dienone is 1. The smallest absolute Gasteiger partial charge is 0.309 e. The Labute approximate surface area is 128 Å². The molecule has 0 aromatic heterocycles. The van der Waals surface area contributed by atoms with Crippen LogP contribution in [-0.2, 0) is 9.53 Å². The number of esters is 1. The van der Waals surface area contributed by atoms with Crippen LogP contribution >= 0.6 is 0 Å². The molecule has 0 spiro atoms. The standard InChI is InChI=1S/C17H24O3Si/c1-19-13-8-6-12(7-9-13)15-14(10-11-21(3,4)5)16(15)17(18)20-2/h6-11,14-16H,1-5H3/b11-10+/t14-,15-,16-/m0/s1. The zero-order valence-corrected chi connectivity index (χ0v) is 14.4. The third kappa shape index (κ3) is 3.76. The summed E-state index contributed by atoms with van der Waals surface area (Å²) in [4.78, 5) is 11.9. The van der Waals surface area contributed by atoms with E-state index in [0.717, 1.165) is 5.75 Å². The zero-order valence-electron chi connectivity index (χ0n) is 13.4. The van der Waals surface area contributed by atoms with Crippen LogP contribution in [0.2, 0.25) is 19.6 Å². The summed E-state index contributed by atoms with van der Waals surface area (Å²) in [5.74, 6) is 1.17. The molecular formula is C17H24O3Si. The summed E-state index contributed by atoms with van der Waals surface area (Å²) in [5.41, 5.74) is 3.49. The molecule has 3 nitrogen and oxygen atoms in total. The Morgan fingerprint density at radius 2 is 1.76 bits per heavy atom. The van der Waals surface area contributed by atoms with E-state index in [2.05, 4.69) is 31.4 Å². The van der Waals surface area contributed by atoms with Crippen molar-refractivity contribution in [2.75, 3.05) is 14.2 Å². The Hall–Kier alpha value is -1.55. The van der Waals surface area contributed by atoms with Gasteiger partial charge in [0.25, 0.3) is 0 Å². The normalized spacial score (nSPS) is 24.9. The SMILES string of the molecule is COC(=O)[C@H]1[C@@H](/C=C/[Si](C)(C)C)[C@@H]1c1ccc(OC)cc1. The highest BCUT2D eigenvalue weighted by Gasteiger charge is 2.54. The van der Waals surface area contributed by atoms with Gasteiger partial charge >= 0.3 is 5.97 Å². The summed E-state index contributed by atoms with van der Waals surface area (Å²) in [7, 11) is 1.87. The van der Waals surface area contributed by atoms with Crippen LogP contribution in [0.15, 0.2) is 36.0 Å². The van der Waals surface area contributed by atoms with Crippen LogP contribution in [0.25, 0.3) is 0 Å². The fourth-order valence-corrected chi connectivity index (χ4v) is 3.47. The van der Waals surface area contributed by atoms with Gasteiger partial charge in [-0.25, -0.2) is 0 Å². The lowest BCUT2D eigenvalue weighted by Crippen LogP contribution is -2.15. The van der Waals surface area contributed by atoms with E-state index in [4.69, 9.17) is 9.47 Å². The highest BCUT2D eigenvalue weighted by Crippen LogP contribution is 2.55. The van der Waals surface area contributed by atoms with Gasteiger partial charge in [0.05, 0.1) is 28.2 Å². The molecule has 1 fully saturated rings. The first-order valence-electron chi connectivity index (χ1n) is 7.28. The molecule has 1 aromatic rings. The molecule has 1 aromatic carbocycles. The minimum Gasteiger partial charge on any atom is -0.497 e. The summed E-state index contributed by atoms with van der Waals surface area (Å²) < 4.78 is 10.1. The van der Waals surface area contributed by atoms with Gasteiger partial charge in [-0.3, -0.25) is 4.79 Å². The topological polar surface area (TPSA) is 35.5 Å². The molecule has 4 heteroatoms. The quantitative estimate of drug-likeness (QED) is 0.615. The minimum absolute atomic E-state index is 0.0454. The predicted octanol–water partition coefficient (Wildman–Crippen LogP) is 3.63. The van der Waals surface area contributed by atoms with E-state index in [1.54, 1.807) is 7.11 Å². The lowest BCUT2D eigenvalue weighted by atomic mass is 10.1. The number of hydrogen-bond acceptors (Lipinski definition) is 3. The van der Waals surface area contributed by atoms with Crippen molar-refractivity contribution in [3.63, 3.8) is 0 Å². The summed E-state index contributed by atoms with van der Waals surface area (Å²) in [6, 6.07) is 7.98. The second-order valence-corrected chi connectivity index (χ2v) is 11.7. The number of ether oxygens (including phenoxy) is 2. The molecule has 0 N–H and O–H groups in total. The van der Waals surface area contributed by atoms with E-state index in [9.17, 15) is 4.79 Å². The van der Waals surface area contributed by atoms with Gasteiger partial charge in [-0.15, -0.1) is 0 Å². The first-order chi connectivity index (χ1) is 9.87. The molecule has 1 aliphatic rings. The minimum atomic E-state index is -1.25. The maximum atomic E-state index is 11.9. The highest BCUT2D eigenvalue weighted by molar-refractivity contribution is 6.80. The first-order valence-corrected chi connectivity index (χ1v) is 10.9. The number of carbonyl (C=O) groups is 1. The number of benzene rings is 1. The third-order valence-corrected chi connectivity index (χ3v) is 5.06. The Kier molecular flexibility index (Phi) is 4.57. The molecule has 0 amide bonds. The van der Waals surface area contributed by atoms with Crippen LogP contribution in [0.4, 0.5) is 0 Å².